The molecule has 1 saturated carbocycles. The van der Waals surface area contributed by atoms with E-state index in [4.69, 9.17) is 4.74 Å². The van der Waals surface area contributed by atoms with E-state index < -0.39 is 5.54 Å². The van der Waals surface area contributed by atoms with Crippen molar-refractivity contribution in [3.8, 4) is 0 Å². The molecular weight excluding hydrogens is 266 g/mol. The number of ether oxygens (including phenoxy) is 1. The lowest BCUT2D eigenvalue weighted by Crippen LogP contribution is -2.64. The summed E-state index contributed by atoms with van der Waals surface area (Å²) in [5.41, 5.74) is -0.500. The maximum absolute atomic E-state index is 12.5. The second-order valence-corrected chi connectivity index (χ2v) is 6.73. The molecule has 1 saturated heterocycles. The number of hydrogen-bond donors (Lipinski definition) is 1. The Kier molecular flexibility index (Phi) is 5.63. The van der Waals surface area contributed by atoms with Crippen LogP contribution in [-0.4, -0.2) is 74.2 Å². The first-order valence-corrected chi connectivity index (χ1v) is 8.29. The summed E-state index contributed by atoms with van der Waals surface area (Å²) in [5, 5.41) is 3.54. The molecule has 2 atom stereocenters. The van der Waals surface area contributed by atoms with Crippen molar-refractivity contribution >= 4 is 5.97 Å². The molecular formula is C16H31N3O2. The van der Waals surface area contributed by atoms with Gasteiger partial charge in [-0.05, 0) is 45.7 Å². The van der Waals surface area contributed by atoms with E-state index in [0.717, 1.165) is 52.0 Å². The Morgan fingerprint density at radius 1 is 1.38 bits per heavy atom. The average Bonchev–Trinajstić information content (AvgIpc) is 3.31. The van der Waals surface area contributed by atoms with Gasteiger partial charge in [-0.25, -0.2) is 4.79 Å². The molecule has 1 aliphatic carbocycles. The normalized spacial score (nSPS) is 27.3. The van der Waals surface area contributed by atoms with E-state index in [1.54, 1.807) is 0 Å². The summed E-state index contributed by atoms with van der Waals surface area (Å²) >= 11 is 0. The van der Waals surface area contributed by atoms with E-state index in [1.807, 2.05) is 0 Å². The fourth-order valence-electron chi connectivity index (χ4n) is 3.36. The summed E-state index contributed by atoms with van der Waals surface area (Å²) in [7, 11) is 3.69. The molecule has 0 amide bonds. The molecule has 0 aromatic rings. The molecule has 1 heterocycles. The van der Waals surface area contributed by atoms with Crippen molar-refractivity contribution in [1.29, 1.82) is 0 Å². The average molecular weight is 297 g/mol. The second kappa shape index (κ2) is 7.07. The van der Waals surface area contributed by atoms with E-state index in [1.165, 1.54) is 7.11 Å². The van der Waals surface area contributed by atoms with Crippen LogP contribution in [0.4, 0.5) is 0 Å². The Morgan fingerprint density at radius 2 is 2.10 bits per heavy atom. The van der Waals surface area contributed by atoms with E-state index >= 15 is 0 Å². The van der Waals surface area contributed by atoms with Crippen molar-refractivity contribution in [2.75, 3.05) is 46.9 Å². The van der Waals surface area contributed by atoms with Crippen molar-refractivity contribution in [2.45, 2.75) is 44.7 Å². The highest BCUT2D eigenvalue weighted by Crippen LogP contribution is 2.41. The van der Waals surface area contributed by atoms with Gasteiger partial charge in [-0.15, -0.1) is 0 Å². The van der Waals surface area contributed by atoms with Crippen LogP contribution in [0.1, 0.15) is 33.1 Å². The Balaban J connectivity index is 2.09. The molecule has 5 nitrogen and oxygen atoms in total. The van der Waals surface area contributed by atoms with Crippen LogP contribution in [0.15, 0.2) is 0 Å². The SMILES string of the molecule is CCCNC(CN1CCN(C)C(C)C1)(C(=O)OC)C1CC1. The molecule has 0 spiro atoms. The van der Waals surface area contributed by atoms with Gasteiger partial charge in [0.2, 0.25) is 0 Å². The van der Waals surface area contributed by atoms with Gasteiger partial charge < -0.3 is 15.0 Å². The summed E-state index contributed by atoms with van der Waals surface area (Å²) in [6, 6.07) is 0.541. The Morgan fingerprint density at radius 3 is 2.62 bits per heavy atom. The highest BCUT2D eigenvalue weighted by atomic mass is 16.5. The van der Waals surface area contributed by atoms with Gasteiger partial charge in [0.15, 0.2) is 0 Å². The first-order chi connectivity index (χ1) is 10.0. The first-order valence-electron chi connectivity index (χ1n) is 8.29. The second-order valence-electron chi connectivity index (χ2n) is 6.73. The number of hydrogen-bond acceptors (Lipinski definition) is 5. The molecule has 5 heteroatoms. The van der Waals surface area contributed by atoms with Gasteiger partial charge in [-0.3, -0.25) is 4.90 Å². The van der Waals surface area contributed by atoms with Gasteiger partial charge in [-0.2, -0.15) is 0 Å². The third-order valence-corrected chi connectivity index (χ3v) is 5.03. The van der Waals surface area contributed by atoms with E-state index in [2.05, 4.69) is 36.0 Å². The van der Waals surface area contributed by atoms with Crippen molar-refractivity contribution in [3.63, 3.8) is 0 Å². The summed E-state index contributed by atoms with van der Waals surface area (Å²) in [6.07, 6.45) is 3.30. The molecule has 0 aromatic carbocycles. The highest BCUT2D eigenvalue weighted by molar-refractivity contribution is 5.82. The summed E-state index contributed by atoms with van der Waals surface area (Å²) < 4.78 is 5.17. The smallest absolute Gasteiger partial charge is 0.327 e. The number of likely N-dealkylation sites (N-methyl/N-ethyl adjacent to an activating group) is 1. The first kappa shape index (κ1) is 16.7. The fourth-order valence-corrected chi connectivity index (χ4v) is 3.36. The predicted molar refractivity (Wildman–Crippen MR) is 84.3 cm³/mol. The van der Waals surface area contributed by atoms with Crippen LogP contribution in [0.2, 0.25) is 0 Å². The van der Waals surface area contributed by atoms with Gasteiger partial charge in [0.05, 0.1) is 7.11 Å². The summed E-state index contributed by atoms with van der Waals surface area (Å²) in [6.45, 7) is 9.16. The van der Waals surface area contributed by atoms with Crippen LogP contribution in [-0.2, 0) is 9.53 Å². The third kappa shape index (κ3) is 3.76. The predicted octanol–water partition coefficient (Wildman–Crippen LogP) is 0.944. The van der Waals surface area contributed by atoms with Crippen molar-refractivity contribution in [1.82, 2.24) is 15.1 Å². The van der Waals surface area contributed by atoms with Crippen LogP contribution in [0, 0.1) is 5.92 Å². The Hall–Kier alpha value is -0.650. The summed E-state index contributed by atoms with van der Waals surface area (Å²) in [4.78, 5) is 17.3. The minimum absolute atomic E-state index is 0.0787. The quantitative estimate of drug-likeness (QED) is 0.709. The molecule has 0 radical (unpaired) electrons. The van der Waals surface area contributed by atoms with Crippen LogP contribution < -0.4 is 5.32 Å². The van der Waals surface area contributed by atoms with E-state index in [-0.39, 0.29) is 5.97 Å². The number of piperazine rings is 1. The fraction of sp³-hybridized carbons (Fsp3) is 0.938. The highest BCUT2D eigenvalue weighted by Gasteiger charge is 2.52. The Bertz CT molecular complexity index is 359. The molecule has 0 aromatic heterocycles. The molecule has 2 rings (SSSR count). The minimum Gasteiger partial charge on any atom is -0.468 e. The van der Waals surface area contributed by atoms with E-state index in [0.29, 0.717) is 12.0 Å². The zero-order valence-electron chi connectivity index (χ0n) is 14.0. The molecule has 1 aliphatic heterocycles. The summed E-state index contributed by atoms with van der Waals surface area (Å²) in [5.74, 6) is 0.358. The number of carbonyl (C=O) groups excluding carboxylic acids is 1. The molecule has 2 unspecified atom stereocenters. The van der Waals surface area contributed by atoms with Crippen molar-refractivity contribution in [2.24, 2.45) is 5.92 Å². The number of carbonyl (C=O) groups is 1. The number of esters is 1. The standard InChI is InChI=1S/C16H31N3O2/c1-5-8-17-16(14-6-7-14,15(20)21-4)12-19-10-9-18(3)13(2)11-19/h13-14,17H,5-12H2,1-4H3. The number of rotatable bonds is 7. The Labute approximate surface area is 129 Å². The van der Waals surface area contributed by atoms with Crippen LogP contribution in [0.3, 0.4) is 0 Å². The van der Waals surface area contributed by atoms with Gasteiger partial charge >= 0.3 is 5.97 Å². The molecule has 122 valence electrons. The zero-order valence-corrected chi connectivity index (χ0v) is 14.0. The number of methoxy groups -OCH3 is 1. The lowest BCUT2D eigenvalue weighted by molar-refractivity contribution is -0.151. The van der Waals surface area contributed by atoms with Crippen molar-refractivity contribution in [3.05, 3.63) is 0 Å². The molecule has 1 N–H and O–H groups in total. The monoisotopic (exact) mass is 297 g/mol. The number of nitrogens with zero attached hydrogens (tertiary/aromatic N) is 2. The topological polar surface area (TPSA) is 44.8 Å². The van der Waals surface area contributed by atoms with Gasteiger partial charge in [0.1, 0.15) is 5.54 Å². The van der Waals surface area contributed by atoms with Crippen LogP contribution in [0.5, 0.6) is 0 Å². The van der Waals surface area contributed by atoms with E-state index in [9.17, 15) is 4.79 Å². The van der Waals surface area contributed by atoms with Gasteiger partial charge in [-0.1, -0.05) is 6.92 Å². The minimum atomic E-state index is -0.500. The maximum atomic E-state index is 12.5. The molecule has 2 aliphatic rings. The van der Waals surface area contributed by atoms with Gasteiger partial charge in [0.25, 0.3) is 0 Å². The lowest BCUT2D eigenvalue weighted by atomic mass is 9.91. The van der Waals surface area contributed by atoms with Crippen LogP contribution >= 0.6 is 0 Å². The van der Waals surface area contributed by atoms with Crippen LogP contribution in [0.25, 0.3) is 0 Å². The molecule has 2 fully saturated rings. The number of nitrogens with one attached hydrogen (secondary N) is 1. The lowest BCUT2D eigenvalue weighted by Gasteiger charge is -2.43. The maximum Gasteiger partial charge on any atom is 0.327 e. The largest absolute Gasteiger partial charge is 0.468 e. The van der Waals surface area contributed by atoms with Crippen molar-refractivity contribution < 1.29 is 9.53 Å². The molecule has 21 heavy (non-hydrogen) atoms. The molecule has 0 bridgehead atoms. The third-order valence-electron chi connectivity index (χ3n) is 5.03. The van der Waals surface area contributed by atoms with Gasteiger partial charge in [0, 0.05) is 32.2 Å². The zero-order chi connectivity index (χ0) is 15.5.